The van der Waals surface area contributed by atoms with Gasteiger partial charge in [-0.05, 0) is 24.1 Å². The van der Waals surface area contributed by atoms with E-state index < -0.39 is 19.9 Å². The molecule has 1 N–H and O–H groups in total. The number of rotatable bonds is 8. The van der Waals surface area contributed by atoms with Gasteiger partial charge < -0.3 is 0 Å². The monoisotopic (exact) mass is 393 g/mol. The van der Waals surface area contributed by atoms with Crippen molar-refractivity contribution in [2.75, 3.05) is 12.3 Å². The Morgan fingerprint density at radius 1 is 1.00 bits per heavy atom. The van der Waals surface area contributed by atoms with Crippen molar-refractivity contribution in [3.05, 3.63) is 52.4 Å². The van der Waals surface area contributed by atoms with Crippen LogP contribution in [0.5, 0.6) is 0 Å². The normalized spacial score (nSPS) is 12.4. The van der Waals surface area contributed by atoms with Crippen LogP contribution in [0.4, 0.5) is 0 Å². The average Bonchev–Trinajstić information content (AvgIpc) is 2.92. The third-order valence-electron chi connectivity index (χ3n) is 2.97. The lowest BCUT2D eigenvalue weighted by Gasteiger charge is -2.06. The molecule has 23 heavy (non-hydrogen) atoms. The second-order valence-corrected chi connectivity index (χ2v) is 10.8. The molecule has 0 spiro atoms. The molecular weight excluding hydrogens is 378 g/mol. The summed E-state index contributed by atoms with van der Waals surface area (Å²) in [5.41, 5.74) is 0.723. The van der Waals surface area contributed by atoms with Crippen LogP contribution < -0.4 is 4.72 Å². The summed E-state index contributed by atoms with van der Waals surface area (Å²) >= 11 is 6.67. The van der Waals surface area contributed by atoms with E-state index in [1.165, 1.54) is 12.1 Å². The van der Waals surface area contributed by atoms with Gasteiger partial charge >= 0.3 is 0 Å². The number of sulfone groups is 1. The molecule has 0 fully saturated rings. The Morgan fingerprint density at radius 3 is 2.30 bits per heavy atom. The first kappa shape index (κ1) is 18.4. The SMILES string of the molecule is O=S(=O)(CCCNS(=O)(=O)c1ccc(Cl)s1)Cc1ccccc1. The third kappa shape index (κ3) is 5.89. The molecule has 126 valence electrons. The molecular formula is C14H16ClNO4S3. The Hall–Kier alpha value is -0.930. The molecule has 0 aliphatic heterocycles. The topological polar surface area (TPSA) is 80.3 Å². The van der Waals surface area contributed by atoms with E-state index in [1.807, 2.05) is 6.07 Å². The van der Waals surface area contributed by atoms with Crippen LogP contribution in [-0.2, 0) is 25.6 Å². The first-order valence-electron chi connectivity index (χ1n) is 6.78. The highest BCUT2D eigenvalue weighted by atomic mass is 35.5. The largest absolute Gasteiger partial charge is 0.250 e. The average molecular weight is 394 g/mol. The van der Waals surface area contributed by atoms with E-state index in [0.717, 1.165) is 16.9 Å². The highest BCUT2D eigenvalue weighted by molar-refractivity contribution is 7.91. The molecule has 0 aliphatic carbocycles. The van der Waals surface area contributed by atoms with E-state index in [1.54, 1.807) is 24.3 Å². The number of sulfonamides is 1. The Balaban J connectivity index is 1.83. The highest BCUT2D eigenvalue weighted by Crippen LogP contribution is 2.25. The van der Waals surface area contributed by atoms with Crippen molar-refractivity contribution < 1.29 is 16.8 Å². The van der Waals surface area contributed by atoms with E-state index in [4.69, 9.17) is 11.6 Å². The van der Waals surface area contributed by atoms with Gasteiger partial charge in [0.25, 0.3) is 0 Å². The van der Waals surface area contributed by atoms with Gasteiger partial charge in [0, 0.05) is 6.54 Å². The Labute approximate surface area is 145 Å². The fourth-order valence-electron chi connectivity index (χ4n) is 1.91. The summed E-state index contributed by atoms with van der Waals surface area (Å²) in [5.74, 6) is -0.114. The Morgan fingerprint density at radius 2 is 1.70 bits per heavy atom. The van der Waals surface area contributed by atoms with Crippen LogP contribution in [0.15, 0.2) is 46.7 Å². The maximum atomic E-state index is 12.0. The second-order valence-electron chi connectivity index (χ2n) is 4.89. The molecule has 0 amide bonds. The zero-order valence-electron chi connectivity index (χ0n) is 12.1. The van der Waals surface area contributed by atoms with Gasteiger partial charge in [0.15, 0.2) is 9.84 Å². The number of nitrogens with one attached hydrogen (secondary N) is 1. The summed E-state index contributed by atoms with van der Waals surface area (Å²) < 4.78 is 50.8. The zero-order valence-corrected chi connectivity index (χ0v) is 15.3. The quantitative estimate of drug-likeness (QED) is 0.699. The van der Waals surface area contributed by atoms with Gasteiger partial charge in [-0.15, -0.1) is 11.3 Å². The van der Waals surface area contributed by atoms with Crippen molar-refractivity contribution in [1.82, 2.24) is 4.72 Å². The lowest BCUT2D eigenvalue weighted by atomic mass is 10.2. The molecule has 0 aliphatic rings. The number of hydrogen-bond donors (Lipinski definition) is 1. The first-order chi connectivity index (χ1) is 10.8. The zero-order chi connectivity index (χ0) is 16.9. The van der Waals surface area contributed by atoms with Crippen LogP contribution in [0.3, 0.4) is 0 Å². The minimum absolute atomic E-state index is 0.0406. The summed E-state index contributed by atoms with van der Waals surface area (Å²) in [5, 5.41) is 0. The molecule has 1 aromatic heterocycles. The number of halogens is 1. The van der Waals surface area contributed by atoms with Crippen LogP contribution in [0, 0.1) is 0 Å². The van der Waals surface area contributed by atoms with Crippen molar-refractivity contribution in [2.24, 2.45) is 0 Å². The molecule has 0 saturated carbocycles. The van der Waals surface area contributed by atoms with Gasteiger partial charge in [-0.3, -0.25) is 0 Å². The Kier molecular flexibility index (Phi) is 6.21. The molecule has 0 unspecified atom stereocenters. The fraction of sp³-hybridized carbons (Fsp3) is 0.286. The number of hydrogen-bond acceptors (Lipinski definition) is 5. The molecule has 9 heteroatoms. The summed E-state index contributed by atoms with van der Waals surface area (Å²) in [6.45, 7) is 0.0614. The van der Waals surface area contributed by atoms with Crippen LogP contribution in [0.25, 0.3) is 0 Å². The van der Waals surface area contributed by atoms with Gasteiger partial charge in [0.1, 0.15) is 4.21 Å². The van der Waals surface area contributed by atoms with Gasteiger partial charge in [0.2, 0.25) is 10.0 Å². The van der Waals surface area contributed by atoms with E-state index >= 15 is 0 Å². The minimum atomic E-state index is -3.63. The van der Waals surface area contributed by atoms with Gasteiger partial charge in [-0.25, -0.2) is 21.6 Å². The lowest BCUT2D eigenvalue weighted by molar-refractivity contribution is 0.577. The van der Waals surface area contributed by atoms with Crippen molar-refractivity contribution in [3.63, 3.8) is 0 Å². The molecule has 0 atom stereocenters. The van der Waals surface area contributed by atoms with Crippen LogP contribution >= 0.6 is 22.9 Å². The maximum Gasteiger partial charge on any atom is 0.250 e. The second kappa shape index (κ2) is 7.76. The van der Waals surface area contributed by atoms with Crippen LogP contribution in [-0.4, -0.2) is 29.1 Å². The van der Waals surface area contributed by atoms with E-state index in [2.05, 4.69) is 4.72 Å². The third-order valence-corrected chi connectivity index (χ3v) is 7.83. The molecule has 0 radical (unpaired) electrons. The van der Waals surface area contributed by atoms with E-state index in [9.17, 15) is 16.8 Å². The molecule has 1 heterocycles. The standard InChI is InChI=1S/C14H16ClNO4S3/c15-13-7-8-14(21-13)23(19,20)16-9-4-10-22(17,18)11-12-5-2-1-3-6-12/h1-3,5-8,16H,4,9-11H2. The predicted octanol–water partition coefficient (Wildman–Crippen LogP) is 2.68. The number of benzene rings is 1. The maximum absolute atomic E-state index is 12.0. The van der Waals surface area contributed by atoms with Crippen LogP contribution in [0.2, 0.25) is 4.34 Å². The summed E-state index contributed by atoms with van der Waals surface area (Å²) in [6, 6.07) is 11.8. The Bertz CT molecular complexity index is 845. The smallest absolute Gasteiger partial charge is 0.228 e. The van der Waals surface area contributed by atoms with Gasteiger partial charge in [-0.1, -0.05) is 41.9 Å². The van der Waals surface area contributed by atoms with Gasteiger partial charge in [0.05, 0.1) is 15.8 Å². The van der Waals surface area contributed by atoms with Crippen molar-refractivity contribution in [1.29, 1.82) is 0 Å². The van der Waals surface area contributed by atoms with Crippen molar-refractivity contribution >= 4 is 42.8 Å². The first-order valence-corrected chi connectivity index (χ1v) is 11.3. The fourth-order valence-corrected chi connectivity index (χ4v) is 5.94. The van der Waals surface area contributed by atoms with Crippen molar-refractivity contribution in [2.45, 2.75) is 16.4 Å². The molecule has 0 bridgehead atoms. The molecule has 2 rings (SSSR count). The van der Waals surface area contributed by atoms with E-state index in [-0.39, 0.29) is 28.7 Å². The highest BCUT2D eigenvalue weighted by Gasteiger charge is 2.17. The molecule has 1 aromatic carbocycles. The van der Waals surface area contributed by atoms with E-state index in [0.29, 0.717) is 4.34 Å². The summed E-state index contributed by atoms with van der Waals surface area (Å²) in [7, 11) is -6.89. The van der Waals surface area contributed by atoms with Crippen LogP contribution in [0.1, 0.15) is 12.0 Å². The summed E-state index contributed by atoms with van der Waals surface area (Å²) in [4.78, 5) is 0. The molecule has 5 nitrogen and oxygen atoms in total. The summed E-state index contributed by atoms with van der Waals surface area (Å²) in [6.07, 6.45) is 0.216. The predicted molar refractivity (Wildman–Crippen MR) is 93.1 cm³/mol. The molecule has 2 aromatic rings. The minimum Gasteiger partial charge on any atom is -0.228 e. The lowest BCUT2D eigenvalue weighted by Crippen LogP contribution is -2.25. The molecule has 0 saturated heterocycles. The van der Waals surface area contributed by atoms with Crippen molar-refractivity contribution in [3.8, 4) is 0 Å². The van der Waals surface area contributed by atoms with Gasteiger partial charge in [-0.2, -0.15) is 0 Å². The number of thiophene rings is 1.